The number of para-hydroxylation sites is 1. The van der Waals surface area contributed by atoms with Crippen molar-refractivity contribution in [3.63, 3.8) is 0 Å². The number of nitrogens with zero attached hydrogens (tertiary/aromatic N) is 3. The number of likely N-dealkylation sites (tertiary alicyclic amines) is 2. The number of carbonyl (C=O) groups excluding carboxylic acids is 2. The third kappa shape index (κ3) is 4.14. The van der Waals surface area contributed by atoms with E-state index in [9.17, 15) is 9.59 Å². The van der Waals surface area contributed by atoms with Crippen molar-refractivity contribution in [3.8, 4) is 0 Å². The molecule has 2 saturated heterocycles. The summed E-state index contributed by atoms with van der Waals surface area (Å²) >= 11 is 1.69. The Hall–Kier alpha value is -2.15. The molecule has 4 rings (SSSR count). The number of aryl methyl sites for hydroxylation is 1. The Kier molecular flexibility index (Phi) is 5.80. The zero-order valence-corrected chi connectivity index (χ0v) is 17.2. The molecule has 2 aliphatic rings. The Morgan fingerprint density at radius 2 is 1.82 bits per heavy atom. The number of nitrogens with one attached hydrogen (secondary N) is 1. The fourth-order valence-electron chi connectivity index (χ4n) is 4.53. The van der Waals surface area contributed by atoms with Gasteiger partial charge in [-0.2, -0.15) is 0 Å². The van der Waals surface area contributed by atoms with Gasteiger partial charge in [0.25, 0.3) is 0 Å². The van der Waals surface area contributed by atoms with Crippen molar-refractivity contribution >= 4 is 33.5 Å². The first-order chi connectivity index (χ1) is 13.6. The standard InChI is InChI=1S/C21H28N4O2S/c1-22-21(27)24-11-8-15(9-12-24)16-10-13-25(14-16)20(26)7-6-19-23-17-4-2-3-5-18(17)28-19/h2-5,15-16H,6-14H2,1H3,(H,22,27). The number of hydrogen-bond donors (Lipinski definition) is 1. The second-order valence-corrected chi connectivity index (χ2v) is 8.96. The Morgan fingerprint density at radius 3 is 2.57 bits per heavy atom. The van der Waals surface area contributed by atoms with Gasteiger partial charge in [-0.05, 0) is 43.2 Å². The van der Waals surface area contributed by atoms with Gasteiger partial charge in [0.1, 0.15) is 0 Å². The maximum absolute atomic E-state index is 12.7. The Labute approximate surface area is 169 Å². The van der Waals surface area contributed by atoms with E-state index in [0.29, 0.717) is 18.3 Å². The van der Waals surface area contributed by atoms with Crippen molar-refractivity contribution < 1.29 is 9.59 Å². The quantitative estimate of drug-likeness (QED) is 0.858. The van der Waals surface area contributed by atoms with E-state index in [1.54, 1.807) is 18.4 Å². The van der Waals surface area contributed by atoms with Crippen LogP contribution in [0.3, 0.4) is 0 Å². The fourth-order valence-corrected chi connectivity index (χ4v) is 5.50. The molecule has 150 valence electrons. The molecule has 0 bridgehead atoms. The van der Waals surface area contributed by atoms with Gasteiger partial charge in [0, 0.05) is 46.1 Å². The first-order valence-corrected chi connectivity index (χ1v) is 11.0. The van der Waals surface area contributed by atoms with Crippen LogP contribution in [0.15, 0.2) is 24.3 Å². The van der Waals surface area contributed by atoms with Gasteiger partial charge in [0.2, 0.25) is 5.91 Å². The summed E-state index contributed by atoms with van der Waals surface area (Å²) in [6, 6.07) is 8.16. The molecule has 1 atom stereocenters. The van der Waals surface area contributed by atoms with E-state index in [1.165, 1.54) is 4.70 Å². The van der Waals surface area contributed by atoms with Crippen LogP contribution >= 0.6 is 11.3 Å². The monoisotopic (exact) mass is 400 g/mol. The minimum atomic E-state index is 0.0246. The van der Waals surface area contributed by atoms with Gasteiger partial charge in [-0.1, -0.05) is 12.1 Å². The smallest absolute Gasteiger partial charge is 0.317 e. The summed E-state index contributed by atoms with van der Waals surface area (Å²) in [4.78, 5) is 33.0. The zero-order chi connectivity index (χ0) is 19.5. The lowest BCUT2D eigenvalue weighted by atomic mass is 9.84. The molecule has 7 heteroatoms. The average molecular weight is 401 g/mol. The van der Waals surface area contributed by atoms with Crippen LogP contribution in [-0.4, -0.2) is 59.9 Å². The molecule has 1 unspecified atom stereocenters. The second-order valence-electron chi connectivity index (χ2n) is 7.84. The fraction of sp³-hybridized carbons (Fsp3) is 0.571. The molecule has 2 fully saturated rings. The number of fused-ring (bicyclic) bond motifs is 1. The topological polar surface area (TPSA) is 65.5 Å². The van der Waals surface area contributed by atoms with E-state index in [-0.39, 0.29) is 11.9 Å². The van der Waals surface area contributed by atoms with Gasteiger partial charge >= 0.3 is 6.03 Å². The first-order valence-electron chi connectivity index (χ1n) is 10.2. The summed E-state index contributed by atoms with van der Waals surface area (Å²) in [5.74, 6) is 1.46. The lowest BCUT2D eigenvalue weighted by Gasteiger charge is -2.34. The third-order valence-corrected chi connectivity index (χ3v) is 7.27. The van der Waals surface area contributed by atoms with Gasteiger partial charge in [-0.25, -0.2) is 9.78 Å². The lowest BCUT2D eigenvalue weighted by Crippen LogP contribution is -2.44. The van der Waals surface area contributed by atoms with E-state index in [1.807, 2.05) is 28.0 Å². The number of carbonyl (C=O) groups is 2. The highest BCUT2D eigenvalue weighted by Crippen LogP contribution is 2.32. The van der Waals surface area contributed by atoms with Crippen molar-refractivity contribution in [3.05, 3.63) is 29.3 Å². The Morgan fingerprint density at radius 1 is 1.11 bits per heavy atom. The maximum Gasteiger partial charge on any atom is 0.317 e. The lowest BCUT2D eigenvalue weighted by molar-refractivity contribution is -0.130. The molecular weight excluding hydrogens is 372 g/mol. The number of aromatic nitrogens is 1. The molecule has 1 aromatic heterocycles. The van der Waals surface area contributed by atoms with E-state index < -0.39 is 0 Å². The van der Waals surface area contributed by atoms with Crippen molar-refractivity contribution in [2.45, 2.75) is 32.1 Å². The number of rotatable bonds is 4. The number of thiazole rings is 1. The summed E-state index contributed by atoms with van der Waals surface area (Å²) in [5.41, 5.74) is 1.03. The van der Waals surface area contributed by atoms with Crippen LogP contribution in [-0.2, 0) is 11.2 Å². The van der Waals surface area contributed by atoms with Crippen LogP contribution in [0.2, 0.25) is 0 Å². The van der Waals surface area contributed by atoms with Gasteiger partial charge in [0.05, 0.1) is 15.2 Å². The SMILES string of the molecule is CNC(=O)N1CCC(C2CCN(C(=O)CCc3nc4ccccc4s3)C2)CC1. The maximum atomic E-state index is 12.7. The number of amides is 3. The zero-order valence-electron chi connectivity index (χ0n) is 16.4. The summed E-state index contributed by atoms with van der Waals surface area (Å²) in [7, 11) is 1.68. The van der Waals surface area contributed by atoms with Gasteiger partial charge in [0.15, 0.2) is 0 Å². The predicted molar refractivity (Wildman–Crippen MR) is 111 cm³/mol. The molecule has 6 nitrogen and oxygen atoms in total. The number of urea groups is 1. The van der Waals surface area contributed by atoms with E-state index in [0.717, 1.165) is 62.4 Å². The first kappa shape index (κ1) is 19.2. The summed E-state index contributed by atoms with van der Waals surface area (Å²) < 4.78 is 1.19. The molecular formula is C21H28N4O2S. The number of piperidine rings is 1. The second kappa shape index (κ2) is 8.47. The van der Waals surface area contributed by atoms with Gasteiger partial charge in [-0.15, -0.1) is 11.3 Å². The molecule has 1 N–H and O–H groups in total. The molecule has 3 heterocycles. The van der Waals surface area contributed by atoms with Crippen LogP contribution < -0.4 is 5.32 Å². The van der Waals surface area contributed by atoms with Crippen molar-refractivity contribution in [2.75, 3.05) is 33.2 Å². The highest BCUT2D eigenvalue weighted by atomic mass is 32.1. The van der Waals surface area contributed by atoms with Crippen LogP contribution in [0.5, 0.6) is 0 Å². The molecule has 0 saturated carbocycles. The van der Waals surface area contributed by atoms with Gasteiger partial charge < -0.3 is 15.1 Å². The summed E-state index contributed by atoms with van der Waals surface area (Å²) in [6.45, 7) is 3.40. The molecule has 3 amide bonds. The molecule has 0 spiro atoms. The molecule has 2 aromatic rings. The van der Waals surface area contributed by atoms with E-state index in [4.69, 9.17) is 0 Å². The highest BCUT2D eigenvalue weighted by Gasteiger charge is 2.34. The minimum Gasteiger partial charge on any atom is -0.342 e. The predicted octanol–water partition coefficient (Wildman–Crippen LogP) is 3.13. The number of benzene rings is 1. The highest BCUT2D eigenvalue weighted by molar-refractivity contribution is 7.18. The van der Waals surface area contributed by atoms with Crippen LogP contribution in [0, 0.1) is 11.8 Å². The molecule has 0 aliphatic carbocycles. The Balaban J connectivity index is 1.25. The van der Waals surface area contributed by atoms with Gasteiger partial charge in [-0.3, -0.25) is 4.79 Å². The number of hydrogen-bond acceptors (Lipinski definition) is 4. The Bertz CT molecular complexity index is 811. The molecule has 0 radical (unpaired) electrons. The molecule has 1 aromatic carbocycles. The molecule has 2 aliphatic heterocycles. The largest absolute Gasteiger partial charge is 0.342 e. The van der Waals surface area contributed by atoms with Crippen molar-refractivity contribution in [1.82, 2.24) is 20.1 Å². The van der Waals surface area contributed by atoms with E-state index >= 15 is 0 Å². The van der Waals surface area contributed by atoms with E-state index in [2.05, 4.69) is 16.4 Å². The summed E-state index contributed by atoms with van der Waals surface area (Å²) in [5, 5.41) is 3.75. The van der Waals surface area contributed by atoms with Crippen molar-refractivity contribution in [2.24, 2.45) is 11.8 Å². The van der Waals surface area contributed by atoms with Crippen molar-refractivity contribution in [1.29, 1.82) is 0 Å². The average Bonchev–Trinajstić information content (AvgIpc) is 3.38. The van der Waals surface area contributed by atoms with Crippen LogP contribution in [0.25, 0.3) is 10.2 Å². The van der Waals surface area contributed by atoms with Crippen LogP contribution in [0.1, 0.15) is 30.7 Å². The van der Waals surface area contributed by atoms with Crippen LogP contribution in [0.4, 0.5) is 4.79 Å². The normalized spacial score (nSPS) is 20.7. The molecule has 28 heavy (non-hydrogen) atoms. The third-order valence-electron chi connectivity index (χ3n) is 6.18. The summed E-state index contributed by atoms with van der Waals surface area (Å²) in [6.07, 6.45) is 4.46. The minimum absolute atomic E-state index is 0.0246.